The van der Waals surface area contributed by atoms with Gasteiger partial charge in [-0.15, -0.1) is 0 Å². The van der Waals surface area contributed by atoms with E-state index in [1.807, 2.05) is 12.1 Å². The molecule has 138 valence electrons. The Morgan fingerprint density at radius 3 is 2.65 bits per heavy atom. The molecular formula is C22H29N3O. The van der Waals surface area contributed by atoms with E-state index in [-0.39, 0.29) is 5.91 Å². The van der Waals surface area contributed by atoms with Crippen molar-refractivity contribution in [3.8, 4) is 0 Å². The number of carbonyl (C=O) groups is 1. The van der Waals surface area contributed by atoms with E-state index < -0.39 is 0 Å². The molecule has 0 aliphatic carbocycles. The monoisotopic (exact) mass is 351 g/mol. The summed E-state index contributed by atoms with van der Waals surface area (Å²) in [6.45, 7) is 3.24. The summed E-state index contributed by atoms with van der Waals surface area (Å²) >= 11 is 0. The van der Waals surface area contributed by atoms with Crippen LogP contribution in [0.3, 0.4) is 0 Å². The lowest BCUT2D eigenvalue weighted by Crippen LogP contribution is -2.48. The number of pyridine rings is 1. The van der Waals surface area contributed by atoms with Gasteiger partial charge in [0.05, 0.1) is 0 Å². The predicted molar refractivity (Wildman–Crippen MR) is 105 cm³/mol. The molecule has 1 aliphatic heterocycles. The molecule has 4 heteroatoms. The summed E-state index contributed by atoms with van der Waals surface area (Å²) in [7, 11) is 0. The Bertz CT molecular complexity index is 660. The number of amides is 1. The molecule has 0 saturated carbocycles. The summed E-state index contributed by atoms with van der Waals surface area (Å²) in [4.78, 5) is 18.8. The van der Waals surface area contributed by atoms with Crippen molar-refractivity contribution in [2.24, 2.45) is 0 Å². The van der Waals surface area contributed by atoms with Gasteiger partial charge < -0.3 is 10.2 Å². The highest BCUT2D eigenvalue weighted by molar-refractivity contribution is 5.76. The maximum atomic E-state index is 12.2. The molecule has 1 aliphatic rings. The highest BCUT2D eigenvalue weighted by Gasteiger charge is 2.20. The lowest BCUT2D eigenvalue weighted by atomic mass is 10.0. The third-order valence-corrected chi connectivity index (χ3v) is 5.04. The predicted octanol–water partition coefficient (Wildman–Crippen LogP) is 3.23. The Morgan fingerprint density at radius 1 is 1.08 bits per heavy atom. The van der Waals surface area contributed by atoms with Crippen LogP contribution < -0.4 is 5.32 Å². The van der Waals surface area contributed by atoms with E-state index in [2.05, 4.69) is 45.5 Å². The number of nitrogens with one attached hydrogen (secondary N) is 1. The zero-order chi connectivity index (χ0) is 18.0. The number of rotatable bonds is 8. The Morgan fingerprint density at radius 2 is 1.85 bits per heavy atom. The van der Waals surface area contributed by atoms with E-state index in [9.17, 15) is 4.79 Å². The molecule has 3 rings (SSSR count). The van der Waals surface area contributed by atoms with E-state index in [0.29, 0.717) is 12.5 Å². The van der Waals surface area contributed by atoms with Gasteiger partial charge in [-0.3, -0.25) is 9.78 Å². The first-order valence-electron chi connectivity index (χ1n) is 9.74. The van der Waals surface area contributed by atoms with Crippen LogP contribution in [0.2, 0.25) is 0 Å². The minimum atomic E-state index is 0.165. The number of carbonyl (C=O) groups excluding carboxylic acids is 1. The molecule has 1 saturated heterocycles. The summed E-state index contributed by atoms with van der Waals surface area (Å²) in [6, 6.07) is 14.9. The van der Waals surface area contributed by atoms with Crippen LogP contribution in [-0.4, -0.2) is 41.5 Å². The maximum absolute atomic E-state index is 12.2. The average molecular weight is 351 g/mol. The van der Waals surface area contributed by atoms with Crippen molar-refractivity contribution >= 4 is 5.91 Å². The van der Waals surface area contributed by atoms with Crippen molar-refractivity contribution in [3.63, 3.8) is 0 Å². The molecular weight excluding hydrogens is 322 g/mol. The number of aryl methyl sites for hydroxylation is 2. The van der Waals surface area contributed by atoms with Crippen LogP contribution in [0, 0.1) is 0 Å². The molecule has 1 aromatic heterocycles. The fraction of sp³-hybridized carbons (Fsp3) is 0.455. The Labute approximate surface area is 156 Å². The fourth-order valence-electron chi connectivity index (χ4n) is 3.64. The maximum Gasteiger partial charge on any atom is 0.220 e. The summed E-state index contributed by atoms with van der Waals surface area (Å²) in [5, 5.41) is 3.23. The van der Waals surface area contributed by atoms with E-state index in [1.165, 1.54) is 24.0 Å². The van der Waals surface area contributed by atoms with Crippen LogP contribution in [-0.2, 0) is 17.6 Å². The summed E-state index contributed by atoms with van der Waals surface area (Å²) in [5.74, 6) is 0.165. The van der Waals surface area contributed by atoms with E-state index in [0.717, 1.165) is 38.9 Å². The lowest BCUT2D eigenvalue weighted by molar-refractivity contribution is -0.122. The van der Waals surface area contributed by atoms with E-state index >= 15 is 0 Å². The normalized spacial score (nSPS) is 17.8. The first kappa shape index (κ1) is 18.6. The second-order valence-electron chi connectivity index (χ2n) is 7.15. The Kier molecular flexibility index (Phi) is 7.20. The molecule has 1 amide bonds. The van der Waals surface area contributed by atoms with Gasteiger partial charge in [-0.25, -0.2) is 0 Å². The van der Waals surface area contributed by atoms with Crippen LogP contribution in [0.25, 0.3) is 0 Å². The van der Waals surface area contributed by atoms with Gasteiger partial charge in [0.2, 0.25) is 5.91 Å². The molecule has 1 aromatic carbocycles. The molecule has 1 unspecified atom stereocenters. The van der Waals surface area contributed by atoms with Crippen LogP contribution >= 0.6 is 0 Å². The van der Waals surface area contributed by atoms with Gasteiger partial charge in [0.15, 0.2) is 0 Å². The zero-order valence-electron chi connectivity index (χ0n) is 15.4. The second-order valence-corrected chi connectivity index (χ2v) is 7.15. The first-order valence-corrected chi connectivity index (χ1v) is 9.74. The van der Waals surface area contributed by atoms with E-state index in [4.69, 9.17) is 0 Å². The van der Waals surface area contributed by atoms with Gasteiger partial charge in [0.25, 0.3) is 0 Å². The van der Waals surface area contributed by atoms with Gasteiger partial charge in [0, 0.05) is 31.4 Å². The van der Waals surface area contributed by atoms with Crippen LogP contribution in [0.5, 0.6) is 0 Å². The minimum Gasteiger partial charge on any atom is -0.352 e. The Hall–Kier alpha value is -2.20. The molecule has 4 nitrogen and oxygen atoms in total. The molecule has 0 radical (unpaired) electrons. The van der Waals surface area contributed by atoms with Crippen LogP contribution in [0.1, 0.15) is 36.8 Å². The van der Waals surface area contributed by atoms with Gasteiger partial charge in [-0.2, -0.15) is 0 Å². The molecule has 2 aromatic rings. The van der Waals surface area contributed by atoms with Crippen LogP contribution in [0.4, 0.5) is 0 Å². The van der Waals surface area contributed by atoms with Crippen molar-refractivity contribution in [2.75, 3.05) is 19.6 Å². The number of likely N-dealkylation sites (tertiary alicyclic amines) is 1. The standard InChI is InChI=1S/C22H29N3O/c26-22(11-10-20-12-14-23-15-13-20)24-21-9-5-17-25(18-21)16-4-8-19-6-2-1-3-7-19/h1-3,6-7,12-15,21H,4-5,8-11,16-18H2,(H,24,26). The summed E-state index contributed by atoms with van der Waals surface area (Å²) < 4.78 is 0. The number of hydrogen-bond donors (Lipinski definition) is 1. The minimum absolute atomic E-state index is 0.165. The molecule has 0 bridgehead atoms. The van der Waals surface area contributed by atoms with E-state index in [1.54, 1.807) is 12.4 Å². The van der Waals surface area contributed by atoms with Gasteiger partial charge in [0.1, 0.15) is 0 Å². The third-order valence-electron chi connectivity index (χ3n) is 5.04. The van der Waals surface area contributed by atoms with Gasteiger partial charge in [-0.1, -0.05) is 30.3 Å². The molecule has 2 heterocycles. The SMILES string of the molecule is O=C(CCc1ccncc1)NC1CCCN(CCCc2ccccc2)C1. The highest BCUT2D eigenvalue weighted by Crippen LogP contribution is 2.12. The molecule has 1 atom stereocenters. The number of hydrogen-bond acceptors (Lipinski definition) is 3. The smallest absolute Gasteiger partial charge is 0.220 e. The molecule has 1 N–H and O–H groups in total. The third kappa shape index (κ3) is 6.26. The zero-order valence-corrected chi connectivity index (χ0v) is 15.4. The summed E-state index contributed by atoms with van der Waals surface area (Å²) in [5.41, 5.74) is 2.58. The van der Waals surface area contributed by atoms with Crippen molar-refractivity contribution < 1.29 is 4.79 Å². The first-order chi connectivity index (χ1) is 12.8. The van der Waals surface area contributed by atoms with Crippen molar-refractivity contribution in [1.29, 1.82) is 0 Å². The van der Waals surface area contributed by atoms with Crippen molar-refractivity contribution in [1.82, 2.24) is 15.2 Å². The Balaban J connectivity index is 1.35. The largest absolute Gasteiger partial charge is 0.352 e. The number of piperidine rings is 1. The summed E-state index contributed by atoms with van der Waals surface area (Å²) in [6.07, 6.45) is 9.45. The number of nitrogens with zero attached hydrogens (tertiary/aromatic N) is 2. The van der Waals surface area contributed by atoms with Gasteiger partial charge >= 0.3 is 0 Å². The van der Waals surface area contributed by atoms with Crippen molar-refractivity contribution in [3.05, 3.63) is 66.0 Å². The molecule has 26 heavy (non-hydrogen) atoms. The lowest BCUT2D eigenvalue weighted by Gasteiger charge is -2.33. The molecule has 0 spiro atoms. The van der Waals surface area contributed by atoms with Gasteiger partial charge in [-0.05, 0) is 68.5 Å². The number of benzene rings is 1. The topological polar surface area (TPSA) is 45.2 Å². The second kappa shape index (κ2) is 10.1. The quantitative estimate of drug-likeness (QED) is 0.794. The highest BCUT2D eigenvalue weighted by atomic mass is 16.1. The van der Waals surface area contributed by atoms with Crippen LogP contribution in [0.15, 0.2) is 54.9 Å². The fourth-order valence-corrected chi connectivity index (χ4v) is 3.64. The van der Waals surface area contributed by atoms with Crippen molar-refractivity contribution in [2.45, 2.75) is 44.6 Å². The molecule has 1 fully saturated rings. The average Bonchev–Trinajstić information content (AvgIpc) is 2.68. The number of aromatic nitrogens is 1.